The lowest BCUT2D eigenvalue weighted by Gasteiger charge is -2.22. The van der Waals surface area contributed by atoms with Crippen LogP contribution >= 0.6 is 12.4 Å². The Bertz CT molecular complexity index is 495. The summed E-state index contributed by atoms with van der Waals surface area (Å²) in [5.74, 6) is -1.20. The number of rotatable bonds is 4. The highest BCUT2D eigenvalue weighted by molar-refractivity contribution is 5.95. The van der Waals surface area contributed by atoms with Crippen molar-refractivity contribution in [3.8, 4) is 0 Å². The third-order valence-corrected chi connectivity index (χ3v) is 2.75. The number of carbonyl (C=O) groups excluding carboxylic acids is 2. The van der Waals surface area contributed by atoms with Crippen molar-refractivity contribution in [2.45, 2.75) is 6.10 Å². The summed E-state index contributed by atoms with van der Waals surface area (Å²) >= 11 is 0. The van der Waals surface area contributed by atoms with E-state index in [1.54, 1.807) is 6.07 Å². The zero-order valence-electron chi connectivity index (χ0n) is 11.2. The average molecular weight is 318 g/mol. The number of hydrogen-bond donors (Lipinski definition) is 3. The van der Waals surface area contributed by atoms with E-state index >= 15 is 0 Å². The van der Waals surface area contributed by atoms with Crippen molar-refractivity contribution in [1.29, 1.82) is 0 Å². The molecular formula is C13H17ClFN3O3. The summed E-state index contributed by atoms with van der Waals surface area (Å²) in [6, 6.07) is 5.54. The maximum Gasteiger partial charge on any atom is 0.250 e. The van der Waals surface area contributed by atoms with Crippen molar-refractivity contribution < 1.29 is 18.7 Å². The molecular weight excluding hydrogens is 301 g/mol. The lowest BCUT2D eigenvalue weighted by molar-refractivity contribution is -0.135. The minimum Gasteiger partial charge on any atom is -0.366 e. The fourth-order valence-electron chi connectivity index (χ4n) is 1.79. The zero-order valence-corrected chi connectivity index (χ0v) is 12.0. The van der Waals surface area contributed by atoms with Gasteiger partial charge in [0.05, 0.1) is 13.2 Å². The second-order valence-corrected chi connectivity index (χ2v) is 4.34. The van der Waals surface area contributed by atoms with Gasteiger partial charge in [0.25, 0.3) is 5.91 Å². The number of nitrogens with one attached hydrogen (secondary N) is 3. The van der Waals surface area contributed by atoms with Crippen LogP contribution in [0.3, 0.4) is 0 Å². The van der Waals surface area contributed by atoms with Gasteiger partial charge in [0.1, 0.15) is 11.9 Å². The predicted molar refractivity (Wildman–Crippen MR) is 77.9 cm³/mol. The van der Waals surface area contributed by atoms with Crippen LogP contribution in [-0.2, 0) is 14.3 Å². The lowest BCUT2D eigenvalue weighted by Crippen LogP contribution is -2.49. The van der Waals surface area contributed by atoms with Crippen LogP contribution in [0.2, 0.25) is 0 Å². The average Bonchev–Trinajstić information content (AvgIpc) is 2.46. The molecule has 0 saturated carbocycles. The summed E-state index contributed by atoms with van der Waals surface area (Å²) in [5.41, 5.74) is 0.347. The number of halogens is 2. The Morgan fingerprint density at radius 1 is 1.43 bits per heavy atom. The quantitative estimate of drug-likeness (QED) is 0.746. The second-order valence-electron chi connectivity index (χ2n) is 4.34. The number of anilines is 1. The molecule has 21 heavy (non-hydrogen) atoms. The van der Waals surface area contributed by atoms with Gasteiger partial charge in [0, 0.05) is 18.8 Å². The molecule has 2 amide bonds. The molecule has 1 fully saturated rings. The maximum atomic E-state index is 12.9. The Hall–Kier alpha value is -1.70. The van der Waals surface area contributed by atoms with Gasteiger partial charge in [-0.3, -0.25) is 9.59 Å². The predicted octanol–water partition coefficient (Wildman–Crippen LogP) is 0.291. The standard InChI is InChI=1S/C13H16FN3O3.ClH/c14-9-2-1-3-10(6-9)17-12(18)8-16-13(19)11-7-15-4-5-20-11;/h1-3,6,11,15H,4-5,7-8H2,(H,16,19)(H,17,18);1H. The molecule has 1 saturated heterocycles. The normalized spacial score (nSPS) is 17.5. The Balaban J connectivity index is 0.00000220. The van der Waals surface area contributed by atoms with Gasteiger partial charge >= 0.3 is 0 Å². The minimum atomic E-state index is -0.578. The van der Waals surface area contributed by atoms with Gasteiger partial charge < -0.3 is 20.7 Å². The van der Waals surface area contributed by atoms with E-state index in [1.807, 2.05) is 0 Å². The number of carbonyl (C=O) groups is 2. The summed E-state index contributed by atoms with van der Waals surface area (Å²) in [7, 11) is 0. The number of amides is 2. The highest BCUT2D eigenvalue weighted by Gasteiger charge is 2.21. The molecule has 6 nitrogen and oxygen atoms in total. The summed E-state index contributed by atoms with van der Waals surface area (Å²) in [5, 5.41) is 7.99. The van der Waals surface area contributed by atoms with Gasteiger partial charge in [0.15, 0.2) is 0 Å². The van der Waals surface area contributed by atoms with Gasteiger partial charge in [-0.2, -0.15) is 0 Å². The first-order valence-electron chi connectivity index (χ1n) is 6.30. The lowest BCUT2D eigenvalue weighted by atomic mass is 10.3. The molecule has 1 aliphatic rings. The van der Waals surface area contributed by atoms with Crippen molar-refractivity contribution in [2.24, 2.45) is 0 Å². The van der Waals surface area contributed by atoms with Crippen LogP contribution in [0.25, 0.3) is 0 Å². The molecule has 3 N–H and O–H groups in total. The van der Waals surface area contributed by atoms with Crippen LogP contribution in [0.5, 0.6) is 0 Å². The minimum absolute atomic E-state index is 0. The third-order valence-electron chi connectivity index (χ3n) is 2.75. The van der Waals surface area contributed by atoms with Crippen molar-refractivity contribution in [2.75, 3.05) is 31.6 Å². The van der Waals surface area contributed by atoms with E-state index in [0.717, 1.165) is 0 Å². The van der Waals surface area contributed by atoms with Gasteiger partial charge in [-0.25, -0.2) is 4.39 Å². The molecule has 2 rings (SSSR count). The molecule has 0 bridgehead atoms. The Morgan fingerprint density at radius 2 is 2.24 bits per heavy atom. The van der Waals surface area contributed by atoms with Crippen molar-refractivity contribution in [3.05, 3.63) is 30.1 Å². The SMILES string of the molecule is Cl.O=C(CNC(=O)C1CNCCO1)Nc1cccc(F)c1. The van der Waals surface area contributed by atoms with Gasteiger partial charge in [-0.1, -0.05) is 6.07 Å². The van der Waals surface area contributed by atoms with Gasteiger partial charge in [-0.05, 0) is 18.2 Å². The highest BCUT2D eigenvalue weighted by Crippen LogP contribution is 2.08. The van der Waals surface area contributed by atoms with E-state index in [2.05, 4.69) is 16.0 Å². The monoisotopic (exact) mass is 317 g/mol. The van der Waals surface area contributed by atoms with E-state index in [-0.39, 0.29) is 24.9 Å². The first kappa shape index (κ1) is 17.4. The molecule has 1 heterocycles. The fourth-order valence-corrected chi connectivity index (χ4v) is 1.79. The van der Waals surface area contributed by atoms with E-state index < -0.39 is 17.8 Å². The summed E-state index contributed by atoms with van der Waals surface area (Å²) < 4.78 is 18.2. The molecule has 116 valence electrons. The summed E-state index contributed by atoms with van der Waals surface area (Å²) in [6.07, 6.45) is -0.578. The topological polar surface area (TPSA) is 79.5 Å². The van der Waals surface area contributed by atoms with E-state index in [0.29, 0.717) is 25.4 Å². The van der Waals surface area contributed by atoms with Crippen LogP contribution in [0.1, 0.15) is 0 Å². The summed E-state index contributed by atoms with van der Waals surface area (Å²) in [6.45, 7) is 1.42. The first-order chi connectivity index (χ1) is 9.65. The highest BCUT2D eigenvalue weighted by atomic mass is 35.5. The number of benzene rings is 1. The van der Waals surface area contributed by atoms with Crippen molar-refractivity contribution >= 4 is 29.9 Å². The number of hydrogen-bond acceptors (Lipinski definition) is 4. The molecule has 8 heteroatoms. The van der Waals surface area contributed by atoms with Crippen LogP contribution in [0, 0.1) is 5.82 Å². The van der Waals surface area contributed by atoms with Crippen LogP contribution < -0.4 is 16.0 Å². The molecule has 1 aromatic carbocycles. The van der Waals surface area contributed by atoms with E-state index in [1.165, 1.54) is 18.2 Å². The van der Waals surface area contributed by atoms with E-state index in [4.69, 9.17) is 4.74 Å². The molecule has 0 aliphatic carbocycles. The molecule has 1 unspecified atom stereocenters. The van der Waals surface area contributed by atoms with Gasteiger partial charge in [0.2, 0.25) is 5.91 Å². The fraction of sp³-hybridized carbons (Fsp3) is 0.385. The third kappa shape index (κ3) is 5.66. The van der Waals surface area contributed by atoms with Crippen LogP contribution in [0.4, 0.5) is 10.1 Å². The molecule has 0 radical (unpaired) electrons. The number of morpholine rings is 1. The Labute approximate surface area is 127 Å². The second kappa shape index (κ2) is 8.56. The van der Waals surface area contributed by atoms with Crippen LogP contribution in [0.15, 0.2) is 24.3 Å². The maximum absolute atomic E-state index is 12.9. The molecule has 0 aromatic heterocycles. The molecule has 1 aliphatic heterocycles. The number of ether oxygens (including phenoxy) is 1. The van der Waals surface area contributed by atoms with Crippen molar-refractivity contribution in [3.63, 3.8) is 0 Å². The molecule has 0 spiro atoms. The molecule has 1 aromatic rings. The van der Waals surface area contributed by atoms with Crippen molar-refractivity contribution in [1.82, 2.24) is 10.6 Å². The molecule has 1 atom stereocenters. The smallest absolute Gasteiger partial charge is 0.250 e. The van der Waals surface area contributed by atoms with E-state index in [9.17, 15) is 14.0 Å². The van der Waals surface area contributed by atoms with Crippen LogP contribution in [-0.4, -0.2) is 44.2 Å². The van der Waals surface area contributed by atoms with Gasteiger partial charge in [-0.15, -0.1) is 12.4 Å². The Kier molecular flexibility index (Phi) is 7.07. The Morgan fingerprint density at radius 3 is 2.90 bits per heavy atom. The first-order valence-corrected chi connectivity index (χ1v) is 6.30. The summed E-state index contributed by atoms with van der Waals surface area (Å²) in [4.78, 5) is 23.3. The largest absolute Gasteiger partial charge is 0.366 e. The zero-order chi connectivity index (χ0) is 14.4.